The second-order valence-electron chi connectivity index (χ2n) is 7.34. The van der Waals surface area contributed by atoms with Crippen LogP contribution in [0.25, 0.3) is 0 Å². The predicted octanol–water partition coefficient (Wildman–Crippen LogP) is 3.20. The van der Waals surface area contributed by atoms with Crippen LogP contribution in [0.1, 0.15) is 45.6 Å². The Morgan fingerprint density at radius 1 is 1.19 bits per heavy atom. The van der Waals surface area contributed by atoms with Crippen molar-refractivity contribution >= 4 is 5.91 Å². The van der Waals surface area contributed by atoms with Gasteiger partial charge < -0.3 is 5.32 Å². The molecule has 2 rings (SSSR count). The normalized spacial score (nSPS) is 17.7. The standard InChI is InChI=1S/C18H28N2O/c1-18(2,3)13-17(21)19-16-9-11-20(12-10-16)14-15-7-5-4-6-8-15/h4-8,16H,9-14H2,1-3H3,(H,19,21). The van der Waals surface area contributed by atoms with Crippen molar-refractivity contribution in [2.24, 2.45) is 5.41 Å². The van der Waals surface area contributed by atoms with Crippen LogP contribution >= 0.6 is 0 Å². The predicted molar refractivity (Wildman–Crippen MR) is 87.0 cm³/mol. The topological polar surface area (TPSA) is 32.3 Å². The van der Waals surface area contributed by atoms with Crippen molar-refractivity contribution in [2.45, 2.75) is 52.6 Å². The monoisotopic (exact) mass is 288 g/mol. The number of nitrogens with zero attached hydrogens (tertiary/aromatic N) is 1. The third-order valence-electron chi connectivity index (χ3n) is 3.89. The Hall–Kier alpha value is -1.35. The van der Waals surface area contributed by atoms with Gasteiger partial charge in [0, 0.05) is 32.1 Å². The summed E-state index contributed by atoms with van der Waals surface area (Å²) >= 11 is 0. The summed E-state index contributed by atoms with van der Waals surface area (Å²) in [5.74, 6) is 0.198. The van der Waals surface area contributed by atoms with Crippen LogP contribution < -0.4 is 5.32 Å². The molecule has 0 unspecified atom stereocenters. The van der Waals surface area contributed by atoms with Gasteiger partial charge in [-0.3, -0.25) is 9.69 Å². The van der Waals surface area contributed by atoms with Crippen LogP contribution in [0.4, 0.5) is 0 Å². The number of carbonyl (C=O) groups excluding carboxylic acids is 1. The molecule has 1 aliphatic rings. The van der Waals surface area contributed by atoms with Crippen molar-refractivity contribution in [1.82, 2.24) is 10.2 Å². The first-order valence-corrected chi connectivity index (χ1v) is 7.98. The lowest BCUT2D eigenvalue weighted by molar-refractivity contribution is -0.123. The van der Waals surface area contributed by atoms with Gasteiger partial charge in [-0.25, -0.2) is 0 Å². The van der Waals surface area contributed by atoms with Crippen molar-refractivity contribution < 1.29 is 4.79 Å². The van der Waals surface area contributed by atoms with E-state index in [1.54, 1.807) is 0 Å². The van der Waals surface area contributed by atoms with Gasteiger partial charge in [-0.15, -0.1) is 0 Å². The molecule has 1 fully saturated rings. The molecule has 0 radical (unpaired) electrons. The second-order valence-corrected chi connectivity index (χ2v) is 7.34. The van der Waals surface area contributed by atoms with Crippen LogP contribution in [-0.2, 0) is 11.3 Å². The average molecular weight is 288 g/mol. The molecular formula is C18H28N2O. The molecule has 0 saturated carbocycles. The van der Waals surface area contributed by atoms with E-state index in [9.17, 15) is 4.79 Å². The summed E-state index contributed by atoms with van der Waals surface area (Å²) < 4.78 is 0. The van der Waals surface area contributed by atoms with E-state index in [0.717, 1.165) is 32.5 Å². The number of amides is 1. The zero-order chi connectivity index (χ0) is 15.3. The van der Waals surface area contributed by atoms with Gasteiger partial charge in [0.15, 0.2) is 0 Å². The Bertz CT molecular complexity index is 442. The molecular weight excluding hydrogens is 260 g/mol. The largest absolute Gasteiger partial charge is 0.353 e. The maximum atomic E-state index is 12.0. The van der Waals surface area contributed by atoms with Gasteiger partial charge in [-0.05, 0) is 23.8 Å². The third-order valence-corrected chi connectivity index (χ3v) is 3.89. The quantitative estimate of drug-likeness (QED) is 0.922. The maximum absolute atomic E-state index is 12.0. The molecule has 1 aromatic rings. The Morgan fingerprint density at radius 2 is 1.81 bits per heavy atom. The lowest BCUT2D eigenvalue weighted by atomic mass is 9.91. The zero-order valence-electron chi connectivity index (χ0n) is 13.6. The fraction of sp³-hybridized carbons (Fsp3) is 0.611. The van der Waals surface area contributed by atoms with Gasteiger partial charge in [0.2, 0.25) is 5.91 Å². The Kier molecular flexibility index (Phi) is 5.40. The second kappa shape index (κ2) is 7.08. The number of benzene rings is 1. The van der Waals surface area contributed by atoms with Crippen molar-refractivity contribution in [2.75, 3.05) is 13.1 Å². The van der Waals surface area contributed by atoms with Gasteiger partial charge in [-0.2, -0.15) is 0 Å². The average Bonchev–Trinajstić information content (AvgIpc) is 2.40. The smallest absolute Gasteiger partial charge is 0.220 e. The van der Waals surface area contributed by atoms with Crippen molar-refractivity contribution in [3.8, 4) is 0 Å². The minimum atomic E-state index is 0.0676. The Labute approximate surface area is 128 Å². The van der Waals surface area contributed by atoms with E-state index < -0.39 is 0 Å². The molecule has 1 amide bonds. The molecule has 3 nitrogen and oxygen atoms in total. The first kappa shape index (κ1) is 16.0. The molecule has 1 aromatic carbocycles. The van der Waals surface area contributed by atoms with Gasteiger partial charge in [0.1, 0.15) is 0 Å². The number of carbonyl (C=O) groups is 1. The van der Waals surface area contributed by atoms with Gasteiger partial charge in [0.25, 0.3) is 0 Å². The van der Waals surface area contributed by atoms with Crippen molar-refractivity contribution in [3.05, 3.63) is 35.9 Å². The molecule has 1 aliphatic heterocycles. The molecule has 0 spiro atoms. The fourth-order valence-corrected chi connectivity index (χ4v) is 2.84. The molecule has 21 heavy (non-hydrogen) atoms. The highest BCUT2D eigenvalue weighted by molar-refractivity contribution is 5.76. The Balaban J connectivity index is 1.72. The summed E-state index contributed by atoms with van der Waals surface area (Å²) in [7, 11) is 0. The molecule has 1 heterocycles. The summed E-state index contributed by atoms with van der Waals surface area (Å²) in [6, 6.07) is 10.9. The van der Waals surface area contributed by atoms with Crippen molar-refractivity contribution in [1.29, 1.82) is 0 Å². The fourth-order valence-electron chi connectivity index (χ4n) is 2.84. The minimum absolute atomic E-state index is 0.0676. The lowest BCUT2D eigenvalue weighted by Crippen LogP contribution is -2.45. The summed E-state index contributed by atoms with van der Waals surface area (Å²) in [6.45, 7) is 9.47. The van der Waals surface area contributed by atoms with E-state index in [2.05, 4.69) is 61.3 Å². The van der Waals surface area contributed by atoms with E-state index in [1.807, 2.05) is 0 Å². The molecule has 1 N–H and O–H groups in total. The molecule has 1 saturated heterocycles. The Morgan fingerprint density at radius 3 is 2.38 bits per heavy atom. The van der Waals surface area contributed by atoms with Crippen LogP contribution in [0.15, 0.2) is 30.3 Å². The molecule has 0 aromatic heterocycles. The van der Waals surface area contributed by atoms with Crippen LogP contribution in [0.3, 0.4) is 0 Å². The lowest BCUT2D eigenvalue weighted by Gasteiger charge is -2.33. The van der Waals surface area contributed by atoms with E-state index >= 15 is 0 Å². The molecule has 0 atom stereocenters. The third kappa shape index (κ3) is 5.88. The van der Waals surface area contributed by atoms with E-state index in [1.165, 1.54) is 5.56 Å². The van der Waals surface area contributed by atoms with E-state index in [4.69, 9.17) is 0 Å². The van der Waals surface area contributed by atoms with Crippen LogP contribution in [-0.4, -0.2) is 29.9 Å². The molecule has 0 bridgehead atoms. The first-order valence-electron chi connectivity index (χ1n) is 7.98. The highest BCUT2D eigenvalue weighted by atomic mass is 16.1. The van der Waals surface area contributed by atoms with E-state index in [-0.39, 0.29) is 11.3 Å². The number of piperidine rings is 1. The van der Waals surface area contributed by atoms with Crippen LogP contribution in [0.5, 0.6) is 0 Å². The number of hydrogen-bond donors (Lipinski definition) is 1. The zero-order valence-corrected chi connectivity index (χ0v) is 13.6. The first-order chi connectivity index (χ1) is 9.92. The number of hydrogen-bond acceptors (Lipinski definition) is 2. The maximum Gasteiger partial charge on any atom is 0.220 e. The van der Waals surface area contributed by atoms with E-state index in [0.29, 0.717) is 12.5 Å². The van der Waals surface area contributed by atoms with Crippen LogP contribution in [0.2, 0.25) is 0 Å². The van der Waals surface area contributed by atoms with Gasteiger partial charge >= 0.3 is 0 Å². The number of rotatable bonds is 4. The summed E-state index contributed by atoms with van der Waals surface area (Å²) in [6.07, 6.45) is 2.72. The summed E-state index contributed by atoms with van der Waals surface area (Å²) in [5.41, 5.74) is 1.44. The summed E-state index contributed by atoms with van der Waals surface area (Å²) in [4.78, 5) is 14.4. The minimum Gasteiger partial charge on any atom is -0.353 e. The number of likely N-dealkylation sites (tertiary alicyclic amines) is 1. The summed E-state index contributed by atoms with van der Waals surface area (Å²) in [5, 5.41) is 3.19. The SMILES string of the molecule is CC(C)(C)CC(=O)NC1CCN(Cc2ccccc2)CC1. The number of nitrogens with one attached hydrogen (secondary N) is 1. The highest BCUT2D eigenvalue weighted by Gasteiger charge is 2.22. The van der Waals surface area contributed by atoms with Gasteiger partial charge in [-0.1, -0.05) is 51.1 Å². The van der Waals surface area contributed by atoms with Crippen molar-refractivity contribution in [3.63, 3.8) is 0 Å². The molecule has 0 aliphatic carbocycles. The van der Waals surface area contributed by atoms with Gasteiger partial charge in [0.05, 0.1) is 0 Å². The molecule has 116 valence electrons. The highest BCUT2D eigenvalue weighted by Crippen LogP contribution is 2.19. The molecule has 3 heteroatoms. The van der Waals surface area contributed by atoms with Crippen LogP contribution in [0, 0.1) is 5.41 Å².